The van der Waals surface area contributed by atoms with E-state index in [1.54, 1.807) is 25.4 Å². The van der Waals surface area contributed by atoms with Gasteiger partial charge in [-0.1, -0.05) is 19.1 Å². The Labute approximate surface area is 130 Å². The molecule has 0 spiro atoms. The molecule has 0 unspecified atom stereocenters. The summed E-state index contributed by atoms with van der Waals surface area (Å²) in [6.07, 6.45) is 2.54. The van der Waals surface area contributed by atoms with E-state index < -0.39 is 0 Å². The van der Waals surface area contributed by atoms with Gasteiger partial charge in [0.15, 0.2) is 0 Å². The first-order valence-corrected chi connectivity index (χ1v) is 7.32. The zero-order chi connectivity index (χ0) is 15.8. The van der Waals surface area contributed by atoms with Gasteiger partial charge in [-0.05, 0) is 36.2 Å². The van der Waals surface area contributed by atoms with Gasteiger partial charge in [0, 0.05) is 25.5 Å². The van der Waals surface area contributed by atoms with E-state index in [1.165, 1.54) is 5.56 Å². The maximum Gasteiger partial charge on any atom is 0.257 e. The van der Waals surface area contributed by atoms with Crippen molar-refractivity contribution in [2.75, 3.05) is 30.9 Å². The summed E-state index contributed by atoms with van der Waals surface area (Å²) in [4.78, 5) is 16.4. The van der Waals surface area contributed by atoms with Gasteiger partial charge in [-0.25, -0.2) is 4.98 Å². The molecule has 1 amide bonds. The standard InChI is InChI=1S/C17H21N3O2/c1-3-13-4-7-15(8-5-13)20-17(21)14-6-9-16(19-12-14)18-10-11-22-2/h4-9,12H,3,10-11H2,1-2H3,(H,18,19)(H,20,21). The van der Waals surface area contributed by atoms with Crippen LogP contribution in [0, 0.1) is 0 Å². The molecule has 0 aliphatic heterocycles. The third kappa shape index (κ3) is 4.56. The van der Waals surface area contributed by atoms with Crippen molar-refractivity contribution in [3.8, 4) is 0 Å². The molecule has 1 aromatic carbocycles. The lowest BCUT2D eigenvalue weighted by atomic mass is 10.1. The number of hydrogen-bond acceptors (Lipinski definition) is 4. The van der Waals surface area contributed by atoms with Gasteiger partial charge in [-0.15, -0.1) is 0 Å². The quantitative estimate of drug-likeness (QED) is 0.772. The van der Waals surface area contributed by atoms with Crippen molar-refractivity contribution in [1.82, 2.24) is 4.98 Å². The van der Waals surface area contributed by atoms with Crippen LogP contribution in [0.5, 0.6) is 0 Å². The van der Waals surface area contributed by atoms with E-state index in [9.17, 15) is 4.79 Å². The molecule has 1 heterocycles. The Morgan fingerprint density at radius 1 is 1.18 bits per heavy atom. The summed E-state index contributed by atoms with van der Waals surface area (Å²) < 4.78 is 4.95. The Morgan fingerprint density at radius 2 is 1.95 bits per heavy atom. The lowest BCUT2D eigenvalue weighted by molar-refractivity contribution is 0.102. The molecular formula is C17H21N3O2. The van der Waals surface area contributed by atoms with Crippen molar-refractivity contribution in [2.45, 2.75) is 13.3 Å². The number of aromatic nitrogens is 1. The molecule has 2 N–H and O–H groups in total. The van der Waals surface area contributed by atoms with Crippen LogP contribution in [0.3, 0.4) is 0 Å². The van der Waals surface area contributed by atoms with Crippen LogP contribution in [-0.2, 0) is 11.2 Å². The SMILES string of the molecule is CCc1ccc(NC(=O)c2ccc(NCCOC)nc2)cc1. The maximum atomic E-state index is 12.1. The highest BCUT2D eigenvalue weighted by atomic mass is 16.5. The number of methoxy groups -OCH3 is 1. The first-order chi connectivity index (χ1) is 10.7. The smallest absolute Gasteiger partial charge is 0.257 e. The molecule has 0 saturated heterocycles. The van der Waals surface area contributed by atoms with Crippen LogP contribution >= 0.6 is 0 Å². The summed E-state index contributed by atoms with van der Waals surface area (Å²) in [6, 6.07) is 11.4. The minimum absolute atomic E-state index is 0.166. The zero-order valence-electron chi connectivity index (χ0n) is 12.9. The molecule has 2 rings (SSSR count). The predicted octanol–water partition coefficient (Wildman–Crippen LogP) is 2.95. The number of rotatable bonds is 7. The first-order valence-electron chi connectivity index (χ1n) is 7.32. The molecule has 0 atom stereocenters. The van der Waals surface area contributed by atoms with Crippen LogP contribution in [0.25, 0.3) is 0 Å². The molecule has 5 nitrogen and oxygen atoms in total. The Bertz CT molecular complexity index is 594. The summed E-state index contributed by atoms with van der Waals surface area (Å²) in [5.41, 5.74) is 2.55. The first kappa shape index (κ1) is 16.0. The number of hydrogen-bond donors (Lipinski definition) is 2. The Kier molecular flexibility index (Phi) is 5.91. The highest BCUT2D eigenvalue weighted by Crippen LogP contribution is 2.12. The molecule has 0 aliphatic carbocycles. The lowest BCUT2D eigenvalue weighted by Gasteiger charge is -2.07. The van der Waals surface area contributed by atoms with Crippen molar-refractivity contribution < 1.29 is 9.53 Å². The van der Waals surface area contributed by atoms with Gasteiger partial charge in [0.05, 0.1) is 12.2 Å². The van der Waals surface area contributed by atoms with Crippen LogP contribution in [0.1, 0.15) is 22.8 Å². The molecule has 0 saturated carbocycles. The Balaban J connectivity index is 1.94. The van der Waals surface area contributed by atoms with Crippen LogP contribution < -0.4 is 10.6 Å². The second kappa shape index (κ2) is 8.14. The number of carbonyl (C=O) groups excluding carboxylic acids is 1. The van der Waals surface area contributed by atoms with Crippen LogP contribution in [-0.4, -0.2) is 31.2 Å². The van der Waals surface area contributed by atoms with E-state index in [2.05, 4.69) is 22.5 Å². The summed E-state index contributed by atoms with van der Waals surface area (Å²) in [5, 5.41) is 5.97. The Hall–Kier alpha value is -2.40. The van der Waals surface area contributed by atoms with E-state index in [0.29, 0.717) is 18.7 Å². The molecular weight excluding hydrogens is 278 g/mol. The van der Waals surface area contributed by atoms with Crippen LogP contribution in [0.2, 0.25) is 0 Å². The van der Waals surface area contributed by atoms with Crippen molar-refractivity contribution in [3.63, 3.8) is 0 Å². The maximum absolute atomic E-state index is 12.1. The second-order valence-corrected chi connectivity index (χ2v) is 4.86. The van der Waals surface area contributed by atoms with Gasteiger partial charge in [-0.2, -0.15) is 0 Å². The third-order valence-electron chi connectivity index (χ3n) is 3.26. The van der Waals surface area contributed by atoms with E-state index in [-0.39, 0.29) is 5.91 Å². The molecule has 116 valence electrons. The monoisotopic (exact) mass is 299 g/mol. The van der Waals surface area contributed by atoms with Gasteiger partial charge in [0.25, 0.3) is 5.91 Å². The summed E-state index contributed by atoms with van der Waals surface area (Å²) in [6.45, 7) is 3.39. The lowest BCUT2D eigenvalue weighted by Crippen LogP contribution is -2.13. The number of pyridine rings is 1. The average molecular weight is 299 g/mol. The fraction of sp³-hybridized carbons (Fsp3) is 0.294. The van der Waals surface area contributed by atoms with E-state index >= 15 is 0 Å². The highest BCUT2D eigenvalue weighted by Gasteiger charge is 2.06. The predicted molar refractivity (Wildman–Crippen MR) is 88.4 cm³/mol. The number of anilines is 2. The molecule has 1 aromatic heterocycles. The largest absolute Gasteiger partial charge is 0.383 e. The van der Waals surface area contributed by atoms with E-state index in [0.717, 1.165) is 17.9 Å². The molecule has 0 fully saturated rings. The van der Waals surface area contributed by atoms with Crippen LogP contribution in [0.4, 0.5) is 11.5 Å². The number of benzene rings is 1. The molecule has 0 radical (unpaired) electrons. The number of aryl methyl sites for hydroxylation is 1. The third-order valence-corrected chi connectivity index (χ3v) is 3.26. The van der Waals surface area contributed by atoms with Crippen molar-refractivity contribution in [3.05, 3.63) is 53.7 Å². The average Bonchev–Trinajstić information content (AvgIpc) is 2.56. The van der Waals surface area contributed by atoms with Gasteiger partial charge in [0.1, 0.15) is 5.82 Å². The van der Waals surface area contributed by atoms with Crippen molar-refractivity contribution in [2.24, 2.45) is 0 Å². The molecule has 22 heavy (non-hydrogen) atoms. The molecule has 5 heteroatoms. The topological polar surface area (TPSA) is 63.2 Å². The molecule has 0 bridgehead atoms. The van der Waals surface area contributed by atoms with E-state index in [4.69, 9.17) is 4.74 Å². The van der Waals surface area contributed by atoms with Gasteiger partial charge in [0.2, 0.25) is 0 Å². The molecule has 2 aromatic rings. The minimum Gasteiger partial charge on any atom is -0.383 e. The fourth-order valence-electron chi connectivity index (χ4n) is 1.94. The summed E-state index contributed by atoms with van der Waals surface area (Å²) in [5.74, 6) is 0.557. The number of carbonyl (C=O) groups is 1. The van der Waals surface area contributed by atoms with Gasteiger partial charge >= 0.3 is 0 Å². The molecule has 0 aliphatic rings. The number of nitrogens with one attached hydrogen (secondary N) is 2. The normalized spacial score (nSPS) is 10.3. The number of nitrogens with zero attached hydrogens (tertiary/aromatic N) is 1. The van der Waals surface area contributed by atoms with Crippen molar-refractivity contribution in [1.29, 1.82) is 0 Å². The second-order valence-electron chi connectivity index (χ2n) is 4.86. The summed E-state index contributed by atoms with van der Waals surface area (Å²) in [7, 11) is 1.65. The highest BCUT2D eigenvalue weighted by molar-refractivity contribution is 6.04. The minimum atomic E-state index is -0.166. The number of ether oxygens (including phenoxy) is 1. The van der Waals surface area contributed by atoms with E-state index in [1.807, 2.05) is 24.3 Å². The van der Waals surface area contributed by atoms with Crippen molar-refractivity contribution >= 4 is 17.4 Å². The van der Waals surface area contributed by atoms with Gasteiger partial charge in [-0.3, -0.25) is 4.79 Å². The summed E-state index contributed by atoms with van der Waals surface area (Å²) >= 11 is 0. The number of amides is 1. The fourth-order valence-corrected chi connectivity index (χ4v) is 1.94. The Morgan fingerprint density at radius 3 is 2.55 bits per heavy atom. The van der Waals surface area contributed by atoms with Crippen LogP contribution in [0.15, 0.2) is 42.6 Å². The zero-order valence-corrected chi connectivity index (χ0v) is 12.9. The van der Waals surface area contributed by atoms with Gasteiger partial charge < -0.3 is 15.4 Å².